The van der Waals surface area contributed by atoms with Crippen LogP contribution in [0.3, 0.4) is 0 Å². The highest BCUT2D eigenvalue weighted by atomic mass is 16.3. The number of benzene rings is 1. The van der Waals surface area contributed by atoms with E-state index in [1.54, 1.807) is 0 Å². The summed E-state index contributed by atoms with van der Waals surface area (Å²) in [6, 6.07) is 5.94. The van der Waals surface area contributed by atoms with Gasteiger partial charge in [0.15, 0.2) is 0 Å². The van der Waals surface area contributed by atoms with E-state index in [9.17, 15) is 10.2 Å². The summed E-state index contributed by atoms with van der Waals surface area (Å²) < 4.78 is 1.94. The molecule has 5 atom stereocenters. The Hall–Kier alpha value is -2.07. The van der Waals surface area contributed by atoms with Gasteiger partial charge in [0.2, 0.25) is 0 Å². The van der Waals surface area contributed by atoms with Gasteiger partial charge in [0.1, 0.15) is 5.75 Å². The monoisotopic (exact) mass is 378 g/mol. The van der Waals surface area contributed by atoms with Crippen molar-refractivity contribution in [3.8, 4) is 5.75 Å². The number of phenolic OH excluding ortho intramolecular Hbond substituents is 1. The molecule has 0 saturated heterocycles. The van der Waals surface area contributed by atoms with Crippen LogP contribution in [-0.4, -0.2) is 26.1 Å². The van der Waals surface area contributed by atoms with Gasteiger partial charge in [-0.15, -0.1) is 0 Å². The van der Waals surface area contributed by atoms with E-state index in [-0.39, 0.29) is 11.5 Å². The molecule has 28 heavy (non-hydrogen) atoms. The van der Waals surface area contributed by atoms with Gasteiger partial charge >= 0.3 is 0 Å². The van der Waals surface area contributed by atoms with Crippen LogP contribution in [0.25, 0.3) is 6.08 Å². The summed E-state index contributed by atoms with van der Waals surface area (Å²) in [5.74, 6) is 2.09. The van der Waals surface area contributed by atoms with Crippen LogP contribution in [0.1, 0.15) is 62.1 Å². The van der Waals surface area contributed by atoms with Crippen LogP contribution in [0.2, 0.25) is 0 Å². The molecule has 148 valence electrons. The number of hydrogen-bond acceptors (Lipinski definition) is 3. The SMILES string of the molecule is CCn1cc(/C=C2\C[C@@H]3[C@@H]4CCc5cc(O)ccc5[C@@H]4CC[C@]3(C)[C@@H]2O)cn1. The van der Waals surface area contributed by atoms with E-state index in [0.717, 1.165) is 44.2 Å². The molecule has 1 heterocycles. The number of aromatic nitrogens is 2. The van der Waals surface area contributed by atoms with Crippen LogP contribution >= 0.6 is 0 Å². The van der Waals surface area contributed by atoms with Gasteiger partial charge in [-0.1, -0.05) is 19.1 Å². The Kier molecular flexibility index (Phi) is 4.16. The normalized spacial score (nSPS) is 35.5. The van der Waals surface area contributed by atoms with Gasteiger partial charge in [0, 0.05) is 23.7 Å². The van der Waals surface area contributed by atoms with Crippen LogP contribution in [0.4, 0.5) is 0 Å². The maximum Gasteiger partial charge on any atom is 0.115 e. The molecule has 3 aliphatic rings. The number of fused-ring (bicyclic) bond motifs is 5. The zero-order chi connectivity index (χ0) is 19.5. The Balaban J connectivity index is 1.46. The Bertz CT molecular complexity index is 930. The van der Waals surface area contributed by atoms with Crippen molar-refractivity contribution in [2.75, 3.05) is 0 Å². The summed E-state index contributed by atoms with van der Waals surface area (Å²) in [5.41, 5.74) is 5.01. The molecule has 2 saturated carbocycles. The van der Waals surface area contributed by atoms with E-state index >= 15 is 0 Å². The lowest BCUT2D eigenvalue weighted by molar-refractivity contribution is -0.0158. The molecule has 2 aromatic rings. The Morgan fingerprint density at radius 1 is 1.32 bits per heavy atom. The molecule has 4 heteroatoms. The average molecular weight is 379 g/mol. The maximum absolute atomic E-state index is 11.3. The lowest BCUT2D eigenvalue weighted by Gasteiger charge is -2.49. The van der Waals surface area contributed by atoms with E-state index in [1.807, 2.05) is 23.0 Å². The van der Waals surface area contributed by atoms with Gasteiger partial charge in [0.05, 0.1) is 12.3 Å². The zero-order valence-electron chi connectivity index (χ0n) is 16.8. The first-order valence-electron chi connectivity index (χ1n) is 10.7. The molecule has 1 aromatic heterocycles. The predicted octanol–water partition coefficient (Wildman–Crippen LogP) is 4.52. The topological polar surface area (TPSA) is 58.3 Å². The molecule has 0 unspecified atom stereocenters. The van der Waals surface area contributed by atoms with Gasteiger partial charge in [-0.2, -0.15) is 5.10 Å². The molecule has 0 amide bonds. The largest absolute Gasteiger partial charge is 0.508 e. The summed E-state index contributed by atoms with van der Waals surface area (Å²) in [4.78, 5) is 0. The number of aryl methyl sites for hydroxylation is 2. The molecule has 4 nitrogen and oxygen atoms in total. The van der Waals surface area contributed by atoms with E-state index in [2.05, 4.69) is 37.3 Å². The highest BCUT2D eigenvalue weighted by molar-refractivity contribution is 5.54. The highest BCUT2D eigenvalue weighted by Crippen LogP contribution is 2.62. The van der Waals surface area contributed by atoms with Gasteiger partial charge in [-0.25, -0.2) is 0 Å². The lowest BCUT2D eigenvalue weighted by atomic mass is 9.55. The standard InChI is InChI=1S/C24H30N2O2/c1-3-26-14-15(13-25-26)10-17-12-22-21-6-4-16-11-18(27)5-7-19(16)20(21)8-9-24(22,2)23(17)28/h5,7,10-11,13-14,20-23,27-28H,3-4,6,8-9,12H2,1-2H3/b17-10+/t20-,21+,22+,23+,24-/m0/s1. The smallest absolute Gasteiger partial charge is 0.115 e. The number of aromatic hydroxyl groups is 1. The molecule has 3 aliphatic carbocycles. The van der Waals surface area contributed by atoms with Crippen molar-refractivity contribution in [3.05, 3.63) is 52.9 Å². The minimum atomic E-state index is -0.357. The highest BCUT2D eigenvalue weighted by Gasteiger charge is 2.56. The quantitative estimate of drug-likeness (QED) is 0.808. The van der Waals surface area contributed by atoms with Gasteiger partial charge in [-0.05, 0) is 85.6 Å². The number of aliphatic hydroxyl groups is 1. The molecule has 0 radical (unpaired) electrons. The van der Waals surface area contributed by atoms with E-state index < -0.39 is 0 Å². The predicted molar refractivity (Wildman–Crippen MR) is 110 cm³/mol. The molecule has 1 aromatic carbocycles. The molecule has 0 spiro atoms. The Labute approximate surface area is 166 Å². The first kappa shape index (κ1) is 18.0. The van der Waals surface area contributed by atoms with Crippen molar-refractivity contribution in [3.63, 3.8) is 0 Å². The van der Waals surface area contributed by atoms with Gasteiger partial charge < -0.3 is 10.2 Å². The van der Waals surface area contributed by atoms with Crippen molar-refractivity contribution in [1.82, 2.24) is 9.78 Å². The van der Waals surface area contributed by atoms with E-state index in [1.165, 1.54) is 16.7 Å². The summed E-state index contributed by atoms with van der Waals surface area (Å²) in [7, 11) is 0. The van der Waals surface area contributed by atoms with E-state index in [4.69, 9.17) is 0 Å². The third-order valence-electron chi connectivity index (χ3n) is 7.91. The average Bonchev–Trinajstić information content (AvgIpc) is 3.25. The van der Waals surface area contributed by atoms with Crippen molar-refractivity contribution in [1.29, 1.82) is 0 Å². The zero-order valence-corrected chi connectivity index (χ0v) is 16.8. The first-order chi connectivity index (χ1) is 13.5. The fourth-order valence-electron chi connectivity index (χ4n) is 6.41. The number of hydrogen-bond donors (Lipinski definition) is 2. The number of nitrogens with zero attached hydrogens (tertiary/aromatic N) is 2. The molecule has 0 aliphatic heterocycles. The van der Waals surface area contributed by atoms with Crippen LogP contribution in [0, 0.1) is 17.3 Å². The second-order valence-electron chi connectivity index (χ2n) is 9.30. The Morgan fingerprint density at radius 2 is 2.18 bits per heavy atom. The van der Waals surface area contributed by atoms with Gasteiger partial charge in [-0.3, -0.25) is 4.68 Å². The minimum absolute atomic E-state index is 0.0256. The number of rotatable bonds is 2. The molecule has 0 bridgehead atoms. The molecular formula is C24H30N2O2. The lowest BCUT2D eigenvalue weighted by Crippen LogP contribution is -2.44. The van der Waals surface area contributed by atoms with E-state index in [0.29, 0.717) is 23.5 Å². The number of phenols is 1. The summed E-state index contributed by atoms with van der Waals surface area (Å²) in [6.07, 6.45) is 11.2. The second kappa shape index (κ2) is 6.48. The van der Waals surface area contributed by atoms with Crippen LogP contribution in [0.15, 0.2) is 36.2 Å². The van der Waals surface area contributed by atoms with Gasteiger partial charge in [0.25, 0.3) is 0 Å². The molecule has 2 fully saturated rings. The second-order valence-corrected chi connectivity index (χ2v) is 9.30. The third-order valence-corrected chi connectivity index (χ3v) is 7.91. The maximum atomic E-state index is 11.3. The summed E-state index contributed by atoms with van der Waals surface area (Å²) in [5, 5.41) is 25.5. The summed E-state index contributed by atoms with van der Waals surface area (Å²) >= 11 is 0. The van der Waals surface area contributed by atoms with Crippen LogP contribution < -0.4 is 0 Å². The minimum Gasteiger partial charge on any atom is -0.508 e. The van der Waals surface area contributed by atoms with Crippen molar-refractivity contribution in [2.24, 2.45) is 17.3 Å². The molecule has 2 N–H and O–H groups in total. The van der Waals surface area contributed by atoms with Crippen LogP contribution in [0.5, 0.6) is 5.75 Å². The fourth-order valence-corrected chi connectivity index (χ4v) is 6.41. The van der Waals surface area contributed by atoms with Crippen molar-refractivity contribution < 1.29 is 10.2 Å². The van der Waals surface area contributed by atoms with Crippen molar-refractivity contribution >= 4 is 6.08 Å². The molecule has 5 rings (SSSR count). The molecular weight excluding hydrogens is 348 g/mol. The Morgan fingerprint density at radius 3 is 2.96 bits per heavy atom. The first-order valence-corrected chi connectivity index (χ1v) is 10.7. The fraction of sp³-hybridized carbons (Fsp3) is 0.542. The summed E-state index contributed by atoms with van der Waals surface area (Å²) in [6.45, 7) is 5.26. The van der Waals surface area contributed by atoms with Crippen molar-refractivity contribution in [2.45, 2.75) is 64.5 Å². The number of aliphatic hydroxyl groups excluding tert-OH is 1. The van der Waals surface area contributed by atoms with Crippen LogP contribution in [-0.2, 0) is 13.0 Å². The third kappa shape index (κ3) is 2.65.